The molecule has 0 aromatic heterocycles. The molecule has 108 valence electrons. The van der Waals surface area contributed by atoms with Crippen molar-refractivity contribution in [3.63, 3.8) is 0 Å². The summed E-state index contributed by atoms with van der Waals surface area (Å²) in [6, 6.07) is 7.84. The molecule has 0 N–H and O–H groups in total. The zero-order valence-electron chi connectivity index (χ0n) is 11.6. The largest absolute Gasteiger partial charge is 0.494 e. The molecule has 5 nitrogen and oxygen atoms in total. The summed E-state index contributed by atoms with van der Waals surface area (Å²) in [4.78, 5) is 0.204. The van der Waals surface area contributed by atoms with Crippen LogP contribution in [0.1, 0.15) is 20.3 Å². The first-order chi connectivity index (χ1) is 9.50. The van der Waals surface area contributed by atoms with Crippen molar-refractivity contribution in [3.8, 4) is 11.8 Å². The normalized spacial score (nSPS) is 23.4. The van der Waals surface area contributed by atoms with Gasteiger partial charge in [-0.05, 0) is 43.5 Å². The minimum Gasteiger partial charge on any atom is -0.494 e. The lowest BCUT2D eigenvalue weighted by molar-refractivity contribution is 0.340. The summed E-state index contributed by atoms with van der Waals surface area (Å²) in [6.45, 7) is 4.70. The Bertz CT molecular complexity index is 604. The summed E-state index contributed by atoms with van der Waals surface area (Å²) in [5.74, 6) is 0.704. The molecule has 0 amide bonds. The first-order valence-corrected chi connectivity index (χ1v) is 8.09. The van der Waals surface area contributed by atoms with Crippen LogP contribution >= 0.6 is 0 Å². The van der Waals surface area contributed by atoms with Gasteiger partial charge in [-0.15, -0.1) is 0 Å². The predicted molar refractivity (Wildman–Crippen MR) is 74.7 cm³/mol. The van der Waals surface area contributed by atoms with Gasteiger partial charge in [-0.1, -0.05) is 6.92 Å². The molecule has 6 heteroatoms. The van der Waals surface area contributed by atoms with Gasteiger partial charge in [0, 0.05) is 6.54 Å². The molecule has 2 atom stereocenters. The van der Waals surface area contributed by atoms with Gasteiger partial charge in [0.25, 0.3) is 0 Å². The Morgan fingerprint density at radius 1 is 1.40 bits per heavy atom. The molecule has 20 heavy (non-hydrogen) atoms. The monoisotopic (exact) mass is 294 g/mol. The summed E-state index contributed by atoms with van der Waals surface area (Å²) in [5.41, 5.74) is 0. The second-order valence-corrected chi connectivity index (χ2v) is 6.75. The molecule has 1 aromatic rings. The van der Waals surface area contributed by atoms with E-state index < -0.39 is 16.1 Å². The fourth-order valence-corrected chi connectivity index (χ4v) is 4.03. The van der Waals surface area contributed by atoms with Crippen LogP contribution in [0.2, 0.25) is 0 Å². The van der Waals surface area contributed by atoms with Crippen molar-refractivity contribution in [1.82, 2.24) is 4.31 Å². The molecule has 1 aliphatic heterocycles. The fraction of sp³-hybridized carbons (Fsp3) is 0.500. The number of nitrogens with zero attached hydrogens (tertiary/aromatic N) is 2. The third-order valence-corrected chi connectivity index (χ3v) is 5.42. The maximum Gasteiger partial charge on any atom is 0.244 e. The first kappa shape index (κ1) is 14.8. The van der Waals surface area contributed by atoms with Crippen LogP contribution < -0.4 is 4.74 Å². The molecule has 1 fully saturated rings. The molecule has 1 aromatic carbocycles. The van der Waals surface area contributed by atoms with Crippen molar-refractivity contribution < 1.29 is 13.2 Å². The number of hydrogen-bond acceptors (Lipinski definition) is 4. The predicted octanol–water partition coefficient (Wildman–Crippen LogP) is 2.01. The molecule has 1 heterocycles. The molecule has 0 radical (unpaired) electrons. The zero-order valence-corrected chi connectivity index (χ0v) is 12.4. The van der Waals surface area contributed by atoms with Gasteiger partial charge >= 0.3 is 0 Å². The number of hydrogen-bond donors (Lipinski definition) is 0. The van der Waals surface area contributed by atoms with Crippen LogP contribution in [0.15, 0.2) is 29.2 Å². The van der Waals surface area contributed by atoms with E-state index >= 15 is 0 Å². The maximum absolute atomic E-state index is 12.6. The number of sulfonamides is 1. The lowest BCUT2D eigenvalue weighted by Crippen LogP contribution is -2.36. The quantitative estimate of drug-likeness (QED) is 0.851. The van der Waals surface area contributed by atoms with Gasteiger partial charge in [0.05, 0.1) is 17.6 Å². The van der Waals surface area contributed by atoms with E-state index in [0.29, 0.717) is 25.3 Å². The lowest BCUT2D eigenvalue weighted by Gasteiger charge is -2.20. The van der Waals surface area contributed by atoms with Gasteiger partial charge in [-0.2, -0.15) is 9.57 Å². The van der Waals surface area contributed by atoms with Crippen LogP contribution in [-0.4, -0.2) is 31.9 Å². The van der Waals surface area contributed by atoms with Crippen molar-refractivity contribution in [2.75, 3.05) is 13.2 Å². The molecule has 2 rings (SSSR count). The Balaban J connectivity index is 2.29. The maximum atomic E-state index is 12.6. The molecule has 0 saturated carbocycles. The highest BCUT2D eigenvalue weighted by molar-refractivity contribution is 7.89. The standard InChI is InChI=1S/C14H18N2O3S/c1-3-19-12-4-6-13(7-5-12)20(17,18)16-9-8-11(2)14(16)10-15/h4-7,11,14H,3,8-9H2,1-2H3/t11-,14-/m0/s1. The van der Waals surface area contributed by atoms with Crippen molar-refractivity contribution in [2.45, 2.75) is 31.2 Å². The van der Waals surface area contributed by atoms with Crippen LogP contribution in [0.5, 0.6) is 5.75 Å². The van der Waals surface area contributed by atoms with Crippen LogP contribution in [0, 0.1) is 17.2 Å². The van der Waals surface area contributed by atoms with E-state index in [4.69, 9.17) is 10.00 Å². The second-order valence-electron chi connectivity index (χ2n) is 4.86. The lowest BCUT2D eigenvalue weighted by atomic mass is 10.1. The Morgan fingerprint density at radius 3 is 2.60 bits per heavy atom. The molecule has 1 saturated heterocycles. The van der Waals surface area contributed by atoms with Crippen LogP contribution in [-0.2, 0) is 10.0 Å². The van der Waals surface area contributed by atoms with E-state index in [-0.39, 0.29) is 10.8 Å². The van der Waals surface area contributed by atoms with Crippen LogP contribution in [0.3, 0.4) is 0 Å². The summed E-state index contributed by atoms with van der Waals surface area (Å²) in [6.07, 6.45) is 0.717. The van der Waals surface area contributed by atoms with E-state index in [1.165, 1.54) is 16.4 Å². The number of rotatable bonds is 4. The summed E-state index contributed by atoms with van der Waals surface area (Å²) in [5, 5.41) is 9.16. The van der Waals surface area contributed by atoms with Gasteiger partial charge in [-0.3, -0.25) is 0 Å². The molecule has 0 bridgehead atoms. The second kappa shape index (κ2) is 5.81. The van der Waals surface area contributed by atoms with Gasteiger partial charge < -0.3 is 4.74 Å². The molecule has 0 spiro atoms. The number of nitriles is 1. The van der Waals surface area contributed by atoms with Crippen LogP contribution in [0.25, 0.3) is 0 Å². The SMILES string of the molecule is CCOc1ccc(S(=O)(=O)N2CC[C@H](C)[C@@H]2C#N)cc1. The van der Waals surface area contributed by atoms with E-state index in [0.717, 1.165) is 0 Å². The minimum absolute atomic E-state index is 0.0671. The Labute approximate surface area is 119 Å². The summed E-state index contributed by atoms with van der Waals surface area (Å²) in [7, 11) is -3.61. The van der Waals surface area contributed by atoms with Crippen molar-refractivity contribution in [1.29, 1.82) is 5.26 Å². The van der Waals surface area contributed by atoms with Gasteiger partial charge in [0.2, 0.25) is 10.0 Å². The van der Waals surface area contributed by atoms with Crippen LogP contribution in [0.4, 0.5) is 0 Å². The van der Waals surface area contributed by atoms with Crippen molar-refractivity contribution in [3.05, 3.63) is 24.3 Å². The first-order valence-electron chi connectivity index (χ1n) is 6.65. The van der Waals surface area contributed by atoms with E-state index in [1.807, 2.05) is 13.8 Å². The molecular weight excluding hydrogens is 276 g/mol. The Hall–Kier alpha value is -1.58. The smallest absolute Gasteiger partial charge is 0.244 e. The van der Waals surface area contributed by atoms with E-state index in [1.54, 1.807) is 12.1 Å². The number of ether oxygens (including phenoxy) is 1. The third kappa shape index (κ3) is 2.65. The highest BCUT2D eigenvalue weighted by Crippen LogP contribution is 2.30. The van der Waals surface area contributed by atoms with Gasteiger partial charge in [0.1, 0.15) is 11.8 Å². The average Bonchev–Trinajstić information content (AvgIpc) is 2.81. The third-order valence-electron chi connectivity index (χ3n) is 3.53. The highest BCUT2D eigenvalue weighted by Gasteiger charge is 2.39. The van der Waals surface area contributed by atoms with Crippen molar-refractivity contribution in [2.24, 2.45) is 5.92 Å². The van der Waals surface area contributed by atoms with Gasteiger partial charge in [-0.25, -0.2) is 8.42 Å². The van der Waals surface area contributed by atoms with E-state index in [9.17, 15) is 8.42 Å². The average molecular weight is 294 g/mol. The Morgan fingerprint density at radius 2 is 2.05 bits per heavy atom. The van der Waals surface area contributed by atoms with E-state index in [2.05, 4.69) is 6.07 Å². The zero-order chi connectivity index (χ0) is 14.8. The molecule has 1 aliphatic rings. The Kier molecular flexibility index (Phi) is 4.31. The molecule has 0 aliphatic carbocycles. The van der Waals surface area contributed by atoms with Crippen molar-refractivity contribution >= 4 is 10.0 Å². The minimum atomic E-state index is -3.61. The van der Waals surface area contributed by atoms with Gasteiger partial charge in [0.15, 0.2) is 0 Å². The molecular formula is C14H18N2O3S. The molecule has 0 unspecified atom stereocenters. The summed E-state index contributed by atoms with van der Waals surface area (Å²) < 4.78 is 31.7. The number of benzene rings is 1. The highest BCUT2D eigenvalue weighted by atomic mass is 32.2. The fourth-order valence-electron chi connectivity index (χ4n) is 2.38. The topological polar surface area (TPSA) is 70.4 Å². The summed E-state index contributed by atoms with van der Waals surface area (Å²) >= 11 is 0.